The maximum Gasteiger partial charge on any atom is 0.530 e. The number of phosphoric acid groups is 1. The van der Waals surface area contributed by atoms with Crippen LogP contribution < -0.4 is 4.52 Å². The van der Waals surface area contributed by atoms with Crippen LogP contribution in [0.2, 0.25) is 0 Å². The lowest BCUT2D eigenvalue weighted by atomic mass is 10.0. The Morgan fingerprint density at radius 1 is 0.962 bits per heavy atom. The molecule has 0 amide bonds. The SMILES string of the molecule is CCCCc1cc(O)c2ccccc2c1OP(=O)(OCCC)OCCC. The molecule has 5 nitrogen and oxygen atoms in total. The summed E-state index contributed by atoms with van der Waals surface area (Å²) in [5.74, 6) is 0.667. The molecule has 0 radical (unpaired) electrons. The minimum atomic E-state index is -3.73. The van der Waals surface area contributed by atoms with E-state index in [0.717, 1.165) is 18.4 Å². The van der Waals surface area contributed by atoms with Gasteiger partial charge in [0.05, 0.1) is 13.2 Å². The molecule has 0 saturated heterocycles. The smallest absolute Gasteiger partial charge is 0.507 e. The minimum absolute atomic E-state index is 0.192. The standard InChI is InChI=1S/C20H29O5P/c1-4-7-10-16-15-19(21)17-11-8-9-12-18(17)20(16)25-26(22,23-13-5-2)24-14-6-3/h8-9,11-12,15,21H,4-7,10,13-14H2,1-3H3. The normalized spacial score (nSPS) is 11.8. The molecule has 26 heavy (non-hydrogen) atoms. The lowest BCUT2D eigenvalue weighted by Crippen LogP contribution is -2.06. The van der Waals surface area contributed by atoms with Gasteiger partial charge in [0, 0.05) is 10.8 Å². The van der Waals surface area contributed by atoms with E-state index in [1.807, 2.05) is 38.1 Å². The van der Waals surface area contributed by atoms with Gasteiger partial charge >= 0.3 is 7.82 Å². The molecule has 0 spiro atoms. The topological polar surface area (TPSA) is 65.0 Å². The average molecular weight is 380 g/mol. The molecule has 0 atom stereocenters. The second-order valence-corrected chi connectivity index (χ2v) is 7.83. The molecule has 0 aliphatic carbocycles. The summed E-state index contributed by atoms with van der Waals surface area (Å²) in [6.07, 6.45) is 4.07. The number of hydrogen-bond acceptors (Lipinski definition) is 5. The maximum atomic E-state index is 13.1. The van der Waals surface area contributed by atoms with E-state index in [1.54, 1.807) is 6.07 Å². The van der Waals surface area contributed by atoms with Gasteiger partial charge < -0.3 is 9.63 Å². The Bertz CT molecular complexity index is 747. The third-order valence-electron chi connectivity index (χ3n) is 3.96. The molecule has 0 aliphatic rings. The highest BCUT2D eigenvalue weighted by molar-refractivity contribution is 7.49. The van der Waals surface area contributed by atoms with E-state index in [2.05, 4.69) is 6.92 Å². The summed E-state index contributed by atoms with van der Waals surface area (Å²) in [6, 6.07) is 9.06. The summed E-state index contributed by atoms with van der Waals surface area (Å²) in [5, 5.41) is 11.7. The summed E-state index contributed by atoms with van der Waals surface area (Å²) >= 11 is 0. The summed E-state index contributed by atoms with van der Waals surface area (Å²) < 4.78 is 30.0. The Labute approximate surface area is 155 Å². The zero-order chi connectivity index (χ0) is 19.0. The van der Waals surface area contributed by atoms with Crippen molar-refractivity contribution in [3.63, 3.8) is 0 Å². The second-order valence-electron chi connectivity index (χ2n) is 6.24. The third kappa shape index (κ3) is 5.23. The van der Waals surface area contributed by atoms with Gasteiger partial charge in [0.25, 0.3) is 0 Å². The van der Waals surface area contributed by atoms with Crippen molar-refractivity contribution in [3.05, 3.63) is 35.9 Å². The van der Waals surface area contributed by atoms with Crippen LogP contribution in [0.1, 0.15) is 52.0 Å². The van der Waals surface area contributed by atoms with Gasteiger partial charge in [-0.3, -0.25) is 9.05 Å². The lowest BCUT2D eigenvalue weighted by molar-refractivity contribution is 0.155. The molecular formula is C20H29O5P. The van der Waals surface area contributed by atoms with Crippen molar-refractivity contribution in [3.8, 4) is 11.5 Å². The zero-order valence-corrected chi connectivity index (χ0v) is 16.8. The van der Waals surface area contributed by atoms with E-state index >= 15 is 0 Å². The first kappa shape index (κ1) is 20.8. The fourth-order valence-electron chi connectivity index (χ4n) is 2.65. The number of unbranched alkanes of at least 4 members (excludes halogenated alkanes) is 1. The molecule has 2 rings (SSSR count). The molecule has 0 unspecified atom stereocenters. The van der Waals surface area contributed by atoms with Crippen LogP contribution in [0.5, 0.6) is 11.5 Å². The number of phenolic OH excluding ortho intramolecular Hbond substituents is 1. The van der Waals surface area contributed by atoms with Crippen LogP contribution in [-0.4, -0.2) is 18.3 Å². The van der Waals surface area contributed by atoms with Gasteiger partial charge in [-0.2, -0.15) is 0 Å². The number of benzene rings is 2. The van der Waals surface area contributed by atoms with E-state index < -0.39 is 7.82 Å². The van der Waals surface area contributed by atoms with Crippen LogP contribution in [0.25, 0.3) is 10.8 Å². The quantitative estimate of drug-likeness (QED) is 0.468. The number of fused-ring (bicyclic) bond motifs is 1. The molecule has 0 saturated carbocycles. The van der Waals surface area contributed by atoms with E-state index in [9.17, 15) is 9.67 Å². The van der Waals surface area contributed by atoms with E-state index in [1.165, 1.54) is 0 Å². The number of phenols is 1. The maximum absolute atomic E-state index is 13.1. The predicted molar refractivity (Wildman–Crippen MR) is 105 cm³/mol. The second kappa shape index (κ2) is 9.96. The first-order valence-electron chi connectivity index (χ1n) is 9.36. The van der Waals surface area contributed by atoms with E-state index in [0.29, 0.717) is 49.0 Å². The van der Waals surface area contributed by atoms with Crippen molar-refractivity contribution in [2.75, 3.05) is 13.2 Å². The number of phosphoric ester groups is 1. The molecule has 144 valence electrons. The number of hydrogen-bond donors (Lipinski definition) is 1. The average Bonchev–Trinajstić information content (AvgIpc) is 2.66. The zero-order valence-electron chi connectivity index (χ0n) is 15.9. The van der Waals surface area contributed by atoms with Gasteiger partial charge in [-0.05, 0) is 37.3 Å². The lowest BCUT2D eigenvalue weighted by Gasteiger charge is -2.21. The van der Waals surface area contributed by atoms with Gasteiger partial charge in [-0.25, -0.2) is 4.57 Å². The molecule has 0 aliphatic heterocycles. The summed E-state index contributed by atoms with van der Waals surface area (Å²) in [6.45, 7) is 6.56. The van der Waals surface area contributed by atoms with Gasteiger partial charge in [0.15, 0.2) is 0 Å². The van der Waals surface area contributed by atoms with Crippen molar-refractivity contribution in [1.29, 1.82) is 0 Å². The highest BCUT2D eigenvalue weighted by Crippen LogP contribution is 2.52. The number of aromatic hydroxyl groups is 1. The van der Waals surface area contributed by atoms with Crippen LogP contribution in [0.3, 0.4) is 0 Å². The number of rotatable bonds is 11. The molecule has 6 heteroatoms. The van der Waals surface area contributed by atoms with Crippen LogP contribution in [0.15, 0.2) is 30.3 Å². The summed E-state index contributed by atoms with van der Waals surface area (Å²) in [7, 11) is -3.73. The molecule has 1 N–H and O–H groups in total. The molecule has 0 heterocycles. The van der Waals surface area contributed by atoms with E-state index in [-0.39, 0.29) is 5.75 Å². The third-order valence-corrected chi connectivity index (χ3v) is 5.36. The molecular weight excluding hydrogens is 351 g/mol. The molecule has 0 fully saturated rings. The first-order valence-corrected chi connectivity index (χ1v) is 10.8. The highest BCUT2D eigenvalue weighted by atomic mass is 31.2. The molecule has 0 bridgehead atoms. The fraction of sp³-hybridized carbons (Fsp3) is 0.500. The predicted octanol–water partition coefficient (Wildman–Crippen LogP) is 6.23. The van der Waals surface area contributed by atoms with Crippen molar-refractivity contribution >= 4 is 18.6 Å². The Balaban J connectivity index is 2.49. The van der Waals surface area contributed by atoms with Crippen LogP contribution in [-0.2, 0) is 20.0 Å². The summed E-state index contributed by atoms with van der Waals surface area (Å²) in [4.78, 5) is 0. The highest BCUT2D eigenvalue weighted by Gasteiger charge is 2.30. The summed E-state index contributed by atoms with van der Waals surface area (Å²) in [5.41, 5.74) is 0.809. The Morgan fingerprint density at radius 3 is 2.15 bits per heavy atom. The molecule has 2 aromatic carbocycles. The van der Waals surface area contributed by atoms with Gasteiger partial charge in [-0.1, -0.05) is 51.5 Å². The molecule has 0 aromatic heterocycles. The van der Waals surface area contributed by atoms with Crippen molar-refractivity contribution in [2.45, 2.75) is 52.9 Å². The number of aryl methyl sites for hydroxylation is 1. The Kier molecular flexibility index (Phi) is 7.95. The monoisotopic (exact) mass is 380 g/mol. The molecule has 2 aromatic rings. The minimum Gasteiger partial charge on any atom is -0.507 e. The Morgan fingerprint density at radius 2 is 1.58 bits per heavy atom. The first-order chi connectivity index (χ1) is 12.5. The fourth-order valence-corrected chi connectivity index (χ4v) is 4.09. The van der Waals surface area contributed by atoms with Gasteiger partial charge in [-0.15, -0.1) is 0 Å². The van der Waals surface area contributed by atoms with Crippen LogP contribution >= 0.6 is 7.82 Å². The van der Waals surface area contributed by atoms with Crippen molar-refractivity contribution in [1.82, 2.24) is 0 Å². The van der Waals surface area contributed by atoms with E-state index in [4.69, 9.17) is 13.6 Å². The largest absolute Gasteiger partial charge is 0.530 e. The van der Waals surface area contributed by atoms with Crippen LogP contribution in [0.4, 0.5) is 0 Å². The van der Waals surface area contributed by atoms with Crippen LogP contribution in [0, 0.1) is 0 Å². The van der Waals surface area contributed by atoms with Gasteiger partial charge in [0.2, 0.25) is 0 Å². The van der Waals surface area contributed by atoms with Crippen molar-refractivity contribution in [2.24, 2.45) is 0 Å². The van der Waals surface area contributed by atoms with Crippen molar-refractivity contribution < 1.29 is 23.2 Å². The van der Waals surface area contributed by atoms with Gasteiger partial charge in [0.1, 0.15) is 11.5 Å². The Hall–Kier alpha value is -1.55.